The van der Waals surface area contributed by atoms with Crippen LogP contribution in [0, 0.1) is 0 Å². The van der Waals surface area contributed by atoms with Crippen molar-refractivity contribution in [3.05, 3.63) is 0 Å². The average Bonchev–Trinajstić information content (AvgIpc) is 2.61. The van der Waals surface area contributed by atoms with Crippen LogP contribution in [0.15, 0.2) is 0 Å². The van der Waals surface area contributed by atoms with Crippen LogP contribution in [0.2, 0.25) is 0 Å². The third-order valence-electron chi connectivity index (χ3n) is 3.47. The fourth-order valence-electron chi connectivity index (χ4n) is 2.58. The molecule has 1 fully saturated rings. The molecule has 0 spiro atoms. The molecule has 0 aromatic carbocycles. The quantitative estimate of drug-likeness (QED) is 0.288. The zero-order chi connectivity index (χ0) is 25.0. The van der Waals surface area contributed by atoms with Gasteiger partial charge >= 0.3 is 35.8 Å². The van der Waals surface area contributed by atoms with Crippen LogP contribution in [0.3, 0.4) is 0 Å². The highest BCUT2D eigenvalue weighted by Crippen LogP contribution is 2.29. The van der Waals surface area contributed by atoms with Crippen LogP contribution in [0.5, 0.6) is 0 Å². The average molecular weight is 464 g/mol. The Hall–Kier alpha value is -3.06. The van der Waals surface area contributed by atoms with Gasteiger partial charge < -0.3 is 33.2 Å². The van der Waals surface area contributed by atoms with Gasteiger partial charge in [-0.1, -0.05) is 0 Å². The van der Waals surface area contributed by atoms with Crippen LogP contribution in [-0.4, -0.2) is 80.2 Å². The summed E-state index contributed by atoms with van der Waals surface area (Å²) in [6, 6.07) is 0. The first kappa shape index (κ1) is 28.9. The summed E-state index contributed by atoms with van der Waals surface area (Å²) in [7, 11) is 1.29. The van der Waals surface area contributed by atoms with Gasteiger partial charge in [0.15, 0.2) is 24.6 Å². The minimum absolute atomic E-state index is 0.280. The Kier molecular flexibility index (Phi) is 12.7. The first-order chi connectivity index (χ1) is 14.8. The van der Waals surface area contributed by atoms with Crippen molar-refractivity contribution in [3.63, 3.8) is 0 Å². The molecule has 32 heavy (non-hydrogen) atoms. The zero-order valence-electron chi connectivity index (χ0n) is 18.9. The van der Waals surface area contributed by atoms with Gasteiger partial charge in [-0.25, -0.2) is 0 Å². The Bertz CT molecular complexity index is 689. The van der Waals surface area contributed by atoms with Crippen LogP contribution in [0.4, 0.5) is 0 Å². The molecule has 13 nitrogen and oxygen atoms in total. The molecule has 0 saturated carbocycles. The summed E-state index contributed by atoms with van der Waals surface area (Å²) in [5, 5.41) is 0. The second-order valence-electron chi connectivity index (χ2n) is 6.39. The smallest absolute Gasteiger partial charge is 0.310 e. The van der Waals surface area contributed by atoms with E-state index in [1.807, 2.05) is 0 Å². The first-order valence-electron chi connectivity index (χ1n) is 9.30. The standard InChI is InChI=1S/C15H22O10.C4H6O3/c1-7(16)21-6-11-12(22-8(2)17)13(23-9(3)18)14(24-10(4)19)15(20-5)25-11;1-3(5)7-4(2)6/h11-15H,6H2,1-5H3;1-2H3/t11-,12-,13+,14-,15-;/m1./s1. The van der Waals surface area contributed by atoms with Crippen LogP contribution >= 0.6 is 0 Å². The maximum absolute atomic E-state index is 11.5. The van der Waals surface area contributed by atoms with Crippen molar-refractivity contribution in [2.75, 3.05) is 13.7 Å². The van der Waals surface area contributed by atoms with Gasteiger partial charge in [0.2, 0.25) is 0 Å². The van der Waals surface area contributed by atoms with Crippen molar-refractivity contribution < 1.29 is 61.9 Å². The number of hydrogen-bond donors (Lipinski definition) is 0. The van der Waals surface area contributed by atoms with E-state index >= 15 is 0 Å². The largest absolute Gasteiger partial charge is 0.463 e. The molecule has 182 valence electrons. The number of rotatable bonds is 6. The normalized spacial score (nSPS) is 24.0. The summed E-state index contributed by atoms with van der Waals surface area (Å²) in [6.07, 6.45) is -5.67. The number of carbonyl (C=O) groups is 6. The van der Waals surface area contributed by atoms with Crippen molar-refractivity contribution in [3.8, 4) is 0 Å². The van der Waals surface area contributed by atoms with E-state index in [9.17, 15) is 28.8 Å². The van der Waals surface area contributed by atoms with E-state index in [0.717, 1.165) is 20.8 Å². The molecule has 1 heterocycles. The maximum atomic E-state index is 11.5. The summed E-state index contributed by atoms with van der Waals surface area (Å²) >= 11 is 0. The Morgan fingerprint density at radius 2 is 1.06 bits per heavy atom. The van der Waals surface area contributed by atoms with Crippen molar-refractivity contribution in [2.45, 2.75) is 72.2 Å². The topological polar surface area (TPSA) is 167 Å². The van der Waals surface area contributed by atoms with Crippen molar-refractivity contribution in [1.82, 2.24) is 0 Å². The Labute approximate surface area is 184 Å². The minimum Gasteiger partial charge on any atom is -0.463 e. The van der Waals surface area contributed by atoms with Gasteiger partial charge in [-0.05, 0) is 0 Å². The van der Waals surface area contributed by atoms with Gasteiger partial charge in [-0.15, -0.1) is 0 Å². The molecule has 0 aromatic heterocycles. The number of carbonyl (C=O) groups excluding carboxylic acids is 6. The van der Waals surface area contributed by atoms with Crippen LogP contribution in [0.25, 0.3) is 0 Å². The van der Waals surface area contributed by atoms with E-state index in [-0.39, 0.29) is 6.61 Å². The van der Waals surface area contributed by atoms with E-state index in [4.69, 9.17) is 28.4 Å². The Morgan fingerprint density at radius 1 is 0.625 bits per heavy atom. The lowest BCUT2D eigenvalue weighted by Crippen LogP contribution is -2.62. The van der Waals surface area contributed by atoms with E-state index in [1.54, 1.807) is 0 Å². The number of esters is 6. The molecule has 5 atom stereocenters. The fraction of sp³-hybridized carbons (Fsp3) is 0.684. The second-order valence-corrected chi connectivity index (χ2v) is 6.39. The van der Waals surface area contributed by atoms with Gasteiger partial charge in [0.05, 0.1) is 0 Å². The highest BCUT2D eigenvalue weighted by molar-refractivity contribution is 5.82. The number of methoxy groups -OCH3 is 1. The molecule has 1 saturated heterocycles. The van der Waals surface area contributed by atoms with E-state index in [1.165, 1.54) is 27.9 Å². The first-order valence-corrected chi connectivity index (χ1v) is 9.30. The summed E-state index contributed by atoms with van der Waals surface area (Å²) in [6.45, 7) is 6.73. The van der Waals surface area contributed by atoms with Gasteiger partial charge in [-0.3, -0.25) is 28.8 Å². The summed E-state index contributed by atoms with van der Waals surface area (Å²) in [5.74, 6) is -3.75. The third-order valence-corrected chi connectivity index (χ3v) is 3.47. The minimum atomic E-state index is -1.20. The monoisotopic (exact) mass is 464 g/mol. The van der Waals surface area contributed by atoms with E-state index in [2.05, 4.69) is 4.74 Å². The predicted molar refractivity (Wildman–Crippen MR) is 101 cm³/mol. The molecule has 0 aromatic rings. The number of ether oxygens (including phenoxy) is 7. The van der Waals surface area contributed by atoms with E-state index < -0.39 is 66.5 Å². The van der Waals surface area contributed by atoms with Crippen molar-refractivity contribution in [2.24, 2.45) is 0 Å². The van der Waals surface area contributed by atoms with Gasteiger partial charge in [0.25, 0.3) is 0 Å². The van der Waals surface area contributed by atoms with Crippen molar-refractivity contribution >= 4 is 35.8 Å². The second kappa shape index (κ2) is 14.1. The molecule has 0 unspecified atom stereocenters. The number of hydrogen-bond acceptors (Lipinski definition) is 13. The SMILES string of the molecule is CC(=O)OC(C)=O.CO[C@@H]1O[C@H](COC(C)=O)[C@@H](OC(C)=O)[C@H](OC(C)=O)[C@H]1OC(C)=O. The molecule has 0 bridgehead atoms. The van der Waals surface area contributed by atoms with Gasteiger partial charge in [-0.2, -0.15) is 0 Å². The highest BCUT2D eigenvalue weighted by atomic mass is 16.7. The summed E-state index contributed by atoms with van der Waals surface area (Å²) in [4.78, 5) is 65.0. The van der Waals surface area contributed by atoms with Gasteiger partial charge in [0, 0.05) is 48.7 Å². The lowest BCUT2D eigenvalue weighted by atomic mass is 9.98. The fourth-order valence-corrected chi connectivity index (χ4v) is 2.58. The molecule has 13 heteroatoms. The molecular formula is C19H28O13. The van der Waals surface area contributed by atoms with Crippen LogP contribution in [-0.2, 0) is 61.9 Å². The third kappa shape index (κ3) is 11.4. The Morgan fingerprint density at radius 3 is 1.41 bits per heavy atom. The van der Waals surface area contributed by atoms with Crippen LogP contribution in [0.1, 0.15) is 41.5 Å². The molecule has 1 rings (SSSR count). The molecule has 0 N–H and O–H groups in total. The van der Waals surface area contributed by atoms with Crippen molar-refractivity contribution in [1.29, 1.82) is 0 Å². The van der Waals surface area contributed by atoms with Gasteiger partial charge in [0.1, 0.15) is 12.7 Å². The molecular weight excluding hydrogens is 436 g/mol. The Balaban J connectivity index is 0.00000118. The molecule has 1 aliphatic heterocycles. The highest BCUT2D eigenvalue weighted by Gasteiger charge is 2.52. The molecule has 0 radical (unpaired) electrons. The molecule has 0 amide bonds. The maximum Gasteiger partial charge on any atom is 0.310 e. The summed E-state index contributed by atoms with van der Waals surface area (Å²) in [5.41, 5.74) is 0. The molecule has 1 aliphatic rings. The molecule has 0 aliphatic carbocycles. The van der Waals surface area contributed by atoms with Crippen LogP contribution < -0.4 is 0 Å². The predicted octanol–water partition coefficient (Wildman–Crippen LogP) is -0.188. The summed E-state index contributed by atoms with van der Waals surface area (Å²) < 4.78 is 35.1. The van der Waals surface area contributed by atoms with E-state index in [0.29, 0.717) is 0 Å². The lowest BCUT2D eigenvalue weighted by molar-refractivity contribution is -0.302. The zero-order valence-corrected chi connectivity index (χ0v) is 18.9. The lowest BCUT2D eigenvalue weighted by Gasteiger charge is -2.43.